The summed E-state index contributed by atoms with van der Waals surface area (Å²) in [5.74, 6) is 1.81. The molecular formula is C29H30ClN3O4. The second-order valence-electron chi connectivity index (χ2n) is 8.45. The molecule has 8 heteroatoms. The summed E-state index contributed by atoms with van der Waals surface area (Å²) in [5.41, 5.74) is 4.06. The van der Waals surface area contributed by atoms with Crippen molar-refractivity contribution >= 4 is 23.2 Å². The number of aromatic nitrogens is 2. The monoisotopic (exact) mass is 519 g/mol. The molecule has 1 amide bonds. The van der Waals surface area contributed by atoms with E-state index in [0.29, 0.717) is 54.1 Å². The summed E-state index contributed by atoms with van der Waals surface area (Å²) in [6.07, 6.45) is 3.42. The predicted octanol–water partition coefficient (Wildman–Crippen LogP) is 6.52. The highest BCUT2D eigenvalue weighted by Crippen LogP contribution is 2.29. The van der Waals surface area contributed by atoms with E-state index < -0.39 is 0 Å². The SMILES string of the molecule is CCOc1ccc(Cn2cc(NC(=O)c3cccc(COc4cc(C)ccc4Cl)c3)cn2)cc1OCC. The molecule has 192 valence electrons. The highest BCUT2D eigenvalue weighted by Gasteiger charge is 2.11. The Morgan fingerprint density at radius 1 is 0.919 bits per heavy atom. The minimum atomic E-state index is -0.227. The van der Waals surface area contributed by atoms with Gasteiger partial charge in [0.15, 0.2) is 11.5 Å². The zero-order chi connectivity index (χ0) is 26.2. The highest BCUT2D eigenvalue weighted by atomic mass is 35.5. The smallest absolute Gasteiger partial charge is 0.255 e. The number of anilines is 1. The Hall–Kier alpha value is -3.97. The Kier molecular flexibility index (Phi) is 8.69. The van der Waals surface area contributed by atoms with Gasteiger partial charge in [0.2, 0.25) is 0 Å². The van der Waals surface area contributed by atoms with Gasteiger partial charge in [-0.3, -0.25) is 9.48 Å². The second kappa shape index (κ2) is 12.3. The van der Waals surface area contributed by atoms with Crippen LogP contribution < -0.4 is 19.5 Å². The van der Waals surface area contributed by atoms with Gasteiger partial charge in [0.05, 0.1) is 36.7 Å². The number of amides is 1. The van der Waals surface area contributed by atoms with E-state index in [1.807, 2.05) is 69.3 Å². The van der Waals surface area contributed by atoms with Crippen molar-refractivity contribution in [3.63, 3.8) is 0 Å². The van der Waals surface area contributed by atoms with Gasteiger partial charge < -0.3 is 19.5 Å². The third-order valence-corrected chi connectivity index (χ3v) is 5.83. The fourth-order valence-electron chi connectivity index (χ4n) is 3.78. The highest BCUT2D eigenvalue weighted by molar-refractivity contribution is 6.32. The van der Waals surface area contributed by atoms with E-state index in [1.54, 1.807) is 29.2 Å². The van der Waals surface area contributed by atoms with Gasteiger partial charge in [-0.1, -0.05) is 35.9 Å². The third kappa shape index (κ3) is 7.05. The number of rotatable bonds is 11. The van der Waals surface area contributed by atoms with Gasteiger partial charge in [0, 0.05) is 11.8 Å². The van der Waals surface area contributed by atoms with E-state index >= 15 is 0 Å². The third-order valence-electron chi connectivity index (χ3n) is 5.51. The Morgan fingerprint density at radius 2 is 1.73 bits per heavy atom. The van der Waals surface area contributed by atoms with Gasteiger partial charge in [-0.15, -0.1) is 0 Å². The maximum absolute atomic E-state index is 12.9. The van der Waals surface area contributed by atoms with Crippen molar-refractivity contribution in [2.75, 3.05) is 18.5 Å². The first-order valence-electron chi connectivity index (χ1n) is 12.2. The molecular weight excluding hydrogens is 490 g/mol. The first-order valence-corrected chi connectivity index (χ1v) is 12.5. The number of benzene rings is 3. The largest absolute Gasteiger partial charge is 0.490 e. The molecule has 1 aromatic heterocycles. The molecule has 0 saturated heterocycles. The van der Waals surface area contributed by atoms with Crippen LogP contribution in [0.3, 0.4) is 0 Å². The van der Waals surface area contributed by atoms with Crippen molar-refractivity contribution in [1.82, 2.24) is 9.78 Å². The number of hydrogen-bond donors (Lipinski definition) is 1. The Morgan fingerprint density at radius 3 is 2.54 bits per heavy atom. The number of nitrogens with zero attached hydrogens (tertiary/aromatic N) is 2. The number of carbonyl (C=O) groups is 1. The molecule has 0 saturated carbocycles. The van der Waals surface area contributed by atoms with E-state index in [-0.39, 0.29) is 5.91 Å². The molecule has 0 atom stereocenters. The molecule has 1 heterocycles. The van der Waals surface area contributed by atoms with Gasteiger partial charge in [0.25, 0.3) is 5.91 Å². The molecule has 7 nitrogen and oxygen atoms in total. The van der Waals surface area contributed by atoms with Gasteiger partial charge in [-0.05, 0) is 73.9 Å². The minimum absolute atomic E-state index is 0.227. The van der Waals surface area contributed by atoms with Crippen molar-refractivity contribution in [1.29, 1.82) is 0 Å². The van der Waals surface area contributed by atoms with Crippen molar-refractivity contribution in [2.24, 2.45) is 0 Å². The van der Waals surface area contributed by atoms with Gasteiger partial charge in [-0.2, -0.15) is 5.10 Å². The molecule has 0 unspecified atom stereocenters. The molecule has 4 aromatic rings. The lowest BCUT2D eigenvalue weighted by Crippen LogP contribution is -2.12. The molecule has 0 radical (unpaired) electrons. The topological polar surface area (TPSA) is 74.6 Å². The normalized spacial score (nSPS) is 10.7. The Labute approximate surface area is 221 Å². The van der Waals surface area contributed by atoms with Crippen LogP contribution in [0.1, 0.15) is 40.9 Å². The molecule has 0 aliphatic rings. The second-order valence-corrected chi connectivity index (χ2v) is 8.86. The van der Waals surface area contributed by atoms with Crippen LogP contribution in [0.2, 0.25) is 5.02 Å². The fourth-order valence-corrected chi connectivity index (χ4v) is 3.96. The van der Waals surface area contributed by atoms with E-state index in [2.05, 4.69) is 10.4 Å². The Bertz CT molecular complexity index is 1370. The average Bonchev–Trinajstić information content (AvgIpc) is 3.33. The average molecular weight is 520 g/mol. The summed E-state index contributed by atoms with van der Waals surface area (Å²) < 4.78 is 19.0. The standard InChI is InChI=1S/C29H30ClN3O4/c1-4-35-26-12-10-21(15-28(26)36-5-2)17-33-18-24(16-31-33)32-29(34)23-8-6-7-22(14-23)19-37-27-13-20(3)9-11-25(27)30/h6-16,18H,4-5,17,19H2,1-3H3,(H,32,34). The number of aryl methyl sites for hydroxylation is 1. The van der Waals surface area contributed by atoms with Crippen LogP contribution >= 0.6 is 11.6 Å². The van der Waals surface area contributed by atoms with E-state index in [4.69, 9.17) is 25.8 Å². The van der Waals surface area contributed by atoms with Crippen molar-refractivity contribution in [3.05, 3.63) is 100 Å². The minimum Gasteiger partial charge on any atom is -0.490 e. The van der Waals surface area contributed by atoms with Crippen LogP contribution in [0.25, 0.3) is 0 Å². The number of nitrogens with one attached hydrogen (secondary N) is 1. The van der Waals surface area contributed by atoms with Gasteiger partial charge in [0.1, 0.15) is 12.4 Å². The lowest BCUT2D eigenvalue weighted by Gasteiger charge is -2.12. The van der Waals surface area contributed by atoms with Gasteiger partial charge >= 0.3 is 0 Å². The lowest BCUT2D eigenvalue weighted by molar-refractivity contribution is 0.102. The maximum atomic E-state index is 12.9. The van der Waals surface area contributed by atoms with Crippen molar-refractivity contribution < 1.29 is 19.0 Å². The fraction of sp³-hybridized carbons (Fsp3) is 0.241. The molecule has 0 spiro atoms. The molecule has 3 aromatic carbocycles. The number of ether oxygens (including phenoxy) is 3. The number of hydrogen-bond acceptors (Lipinski definition) is 5. The van der Waals surface area contributed by atoms with E-state index in [9.17, 15) is 4.79 Å². The van der Waals surface area contributed by atoms with Crippen LogP contribution in [0.5, 0.6) is 17.2 Å². The number of halogens is 1. The summed E-state index contributed by atoms with van der Waals surface area (Å²) in [4.78, 5) is 12.9. The molecule has 0 aliphatic carbocycles. The summed E-state index contributed by atoms with van der Waals surface area (Å²) in [7, 11) is 0. The summed E-state index contributed by atoms with van der Waals surface area (Å²) in [6, 6.07) is 18.8. The van der Waals surface area contributed by atoms with Crippen LogP contribution in [0.15, 0.2) is 73.1 Å². The predicted molar refractivity (Wildman–Crippen MR) is 145 cm³/mol. The molecule has 0 bridgehead atoms. The van der Waals surface area contributed by atoms with Crippen molar-refractivity contribution in [2.45, 2.75) is 33.9 Å². The zero-order valence-corrected chi connectivity index (χ0v) is 21.9. The van der Waals surface area contributed by atoms with Crippen LogP contribution in [-0.2, 0) is 13.2 Å². The van der Waals surface area contributed by atoms with E-state index in [0.717, 1.165) is 22.4 Å². The molecule has 37 heavy (non-hydrogen) atoms. The molecule has 0 aliphatic heterocycles. The van der Waals surface area contributed by atoms with Crippen LogP contribution in [0.4, 0.5) is 5.69 Å². The summed E-state index contributed by atoms with van der Waals surface area (Å²) in [5, 5.41) is 7.85. The van der Waals surface area contributed by atoms with Crippen molar-refractivity contribution in [3.8, 4) is 17.2 Å². The van der Waals surface area contributed by atoms with Gasteiger partial charge in [-0.25, -0.2) is 0 Å². The molecule has 0 fully saturated rings. The number of carbonyl (C=O) groups excluding carboxylic acids is 1. The summed E-state index contributed by atoms with van der Waals surface area (Å²) in [6.45, 7) is 7.80. The van der Waals surface area contributed by atoms with E-state index in [1.165, 1.54) is 0 Å². The lowest BCUT2D eigenvalue weighted by atomic mass is 10.1. The zero-order valence-electron chi connectivity index (χ0n) is 21.2. The molecule has 1 N–H and O–H groups in total. The Balaban J connectivity index is 1.38. The van der Waals surface area contributed by atoms with Crippen LogP contribution in [-0.4, -0.2) is 28.9 Å². The first kappa shape index (κ1) is 26.1. The summed E-state index contributed by atoms with van der Waals surface area (Å²) >= 11 is 6.22. The first-order chi connectivity index (χ1) is 17.9. The quantitative estimate of drug-likeness (QED) is 0.244. The van der Waals surface area contributed by atoms with Crippen LogP contribution in [0, 0.1) is 6.92 Å². The molecule has 4 rings (SSSR count). The maximum Gasteiger partial charge on any atom is 0.255 e.